The molecule has 2 aromatic rings. The minimum Gasteiger partial charge on any atom is -0.367 e. The zero-order valence-electron chi connectivity index (χ0n) is 12.1. The molecule has 0 aliphatic heterocycles. The highest BCUT2D eigenvalue weighted by atomic mass is 79.9. The Labute approximate surface area is 134 Å². The highest BCUT2D eigenvalue weighted by Crippen LogP contribution is 2.34. The molecule has 3 nitrogen and oxygen atoms in total. The van der Waals surface area contributed by atoms with Crippen molar-refractivity contribution in [3.8, 4) is 11.1 Å². The number of hydrogen-bond donors (Lipinski definition) is 1. The van der Waals surface area contributed by atoms with Crippen LogP contribution in [0.5, 0.6) is 0 Å². The average Bonchev–Trinajstić information content (AvgIpc) is 2.67. The Morgan fingerprint density at radius 2 is 1.95 bits per heavy atom. The molecule has 1 heterocycles. The third-order valence-corrected chi connectivity index (χ3v) is 4.85. The van der Waals surface area contributed by atoms with Gasteiger partial charge in [0.25, 0.3) is 0 Å². The summed E-state index contributed by atoms with van der Waals surface area (Å²) in [6.45, 7) is 0. The van der Waals surface area contributed by atoms with Gasteiger partial charge in [0.05, 0.1) is 11.3 Å². The van der Waals surface area contributed by atoms with Gasteiger partial charge in [0.15, 0.2) is 0 Å². The summed E-state index contributed by atoms with van der Waals surface area (Å²) in [4.78, 5) is 0. The Balaban J connectivity index is 1.86. The summed E-state index contributed by atoms with van der Waals surface area (Å²) in [5, 5.41) is 4.23. The van der Waals surface area contributed by atoms with Crippen LogP contribution in [0.25, 0.3) is 11.1 Å². The Morgan fingerprint density at radius 1 is 1.19 bits per heavy atom. The van der Waals surface area contributed by atoms with Crippen molar-refractivity contribution >= 4 is 21.8 Å². The second kappa shape index (κ2) is 6.65. The molecule has 0 amide bonds. The normalized spacial score (nSPS) is 16.8. The highest BCUT2D eigenvalue weighted by Gasteiger charge is 2.20. The lowest BCUT2D eigenvalue weighted by Gasteiger charge is -2.12. The lowest BCUT2D eigenvalue weighted by atomic mass is 9.92. The van der Waals surface area contributed by atoms with Crippen LogP contribution in [0.1, 0.15) is 44.2 Å². The molecule has 1 aliphatic rings. The number of anilines is 1. The molecule has 0 atom stereocenters. The molecule has 2 N–H and O–H groups in total. The van der Waals surface area contributed by atoms with Crippen LogP contribution in [0.3, 0.4) is 0 Å². The first-order chi connectivity index (χ1) is 10.2. The van der Waals surface area contributed by atoms with E-state index in [0.29, 0.717) is 11.8 Å². The van der Waals surface area contributed by atoms with E-state index in [1.807, 2.05) is 12.1 Å². The molecule has 1 aromatic heterocycles. The van der Waals surface area contributed by atoms with Gasteiger partial charge in [-0.1, -0.05) is 71.7 Å². The third-order valence-electron chi connectivity index (χ3n) is 4.36. The summed E-state index contributed by atoms with van der Waals surface area (Å²) < 4.78 is 6.32. The molecule has 1 aliphatic carbocycles. The van der Waals surface area contributed by atoms with Crippen molar-refractivity contribution in [3.05, 3.63) is 34.4 Å². The van der Waals surface area contributed by atoms with E-state index in [4.69, 9.17) is 10.3 Å². The molecule has 1 aromatic carbocycles. The van der Waals surface area contributed by atoms with E-state index < -0.39 is 0 Å². The molecular formula is C17H21BrN2O. The van der Waals surface area contributed by atoms with Crippen LogP contribution in [0.15, 0.2) is 33.3 Å². The number of nitrogens with two attached hydrogens (primary N) is 1. The van der Waals surface area contributed by atoms with Crippen molar-refractivity contribution in [2.45, 2.75) is 44.9 Å². The SMILES string of the molecule is Nc1onc(CC2CCCCCC2)c1-c1cccc(Br)c1. The summed E-state index contributed by atoms with van der Waals surface area (Å²) in [5.74, 6) is 1.14. The molecule has 0 bridgehead atoms. The van der Waals surface area contributed by atoms with E-state index in [1.165, 1.54) is 38.5 Å². The van der Waals surface area contributed by atoms with Crippen molar-refractivity contribution in [3.63, 3.8) is 0 Å². The second-order valence-corrected chi connectivity index (χ2v) is 6.86. The van der Waals surface area contributed by atoms with Crippen LogP contribution >= 0.6 is 15.9 Å². The monoisotopic (exact) mass is 348 g/mol. The van der Waals surface area contributed by atoms with Crippen LogP contribution in [0.4, 0.5) is 5.88 Å². The quantitative estimate of drug-likeness (QED) is 0.775. The van der Waals surface area contributed by atoms with E-state index >= 15 is 0 Å². The molecule has 4 heteroatoms. The summed E-state index contributed by atoms with van der Waals surface area (Å²) in [6.07, 6.45) is 8.98. The van der Waals surface area contributed by atoms with Crippen molar-refractivity contribution in [1.29, 1.82) is 0 Å². The van der Waals surface area contributed by atoms with Crippen molar-refractivity contribution in [2.24, 2.45) is 5.92 Å². The second-order valence-electron chi connectivity index (χ2n) is 5.94. The van der Waals surface area contributed by atoms with E-state index in [0.717, 1.165) is 27.7 Å². The van der Waals surface area contributed by atoms with Crippen molar-refractivity contribution in [1.82, 2.24) is 5.16 Å². The zero-order valence-corrected chi connectivity index (χ0v) is 13.7. The number of hydrogen-bond acceptors (Lipinski definition) is 3. The van der Waals surface area contributed by atoms with Gasteiger partial charge < -0.3 is 10.3 Å². The molecule has 1 saturated carbocycles. The van der Waals surface area contributed by atoms with Crippen LogP contribution in [-0.2, 0) is 6.42 Å². The maximum atomic E-state index is 6.01. The molecule has 0 radical (unpaired) electrons. The molecular weight excluding hydrogens is 328 g/mol. The van der Waals surface area contributed by atoms with Crippen LogP contribution in [0, 0.1) is 5.92 Å². The van der Waals surface area contributed by atoms with Crippen molar-refractivity contribution < 1.29 is 4.52 Å². The predicted molar refractivity (Wildman–Crippen MR) is 88.9 cm³/mol. The van der Waals surface area contributed by atoms with Gasteiger partial charge >= 0.3 is 0 Å². The molecule has 0 saturated heterocycles. The fraction of sp³-hybridized carbons (Fsp3) is 0.471. The molecule has 0 spiro atoms. The maximum absolute atomic E-state index is 6.01. The summed E-state index contributed by atoms with van der Waals surface area (Å²) in [6, 6.07) is 8.16. The lowest BCUT2D eigenvalue weighted by Crippen LogP contribution is -2.04. The van der Waals surface area contributed by atoms with Gasteiger partial charge in [-0.15, -0.1) is 0 Å². The molecule has 3 rings (SSSR count). The average molecular weight is 349 g/mol. The number of nitrogen functional groups attached to an aromatic ring is 1. The largest absolute Gasteiger partial charge is 0.367 e. The van der Waals surface area contributed by atoms with Gasteiger partial charge in [-0.25, -0.2) is 0 Å². The Kier molecular flexibility index (Phi) is 4.63. The van der Waals surface area contributed by atoms with E-state index in [-0.39, 0.29) is 0 Å². The van der Waals surface area contributed by atoms with Crippen LogP contribution in [0.2, 0.25) is 0 Å². The minimum absolute atomic E-state index is 0.428. The maximum Gasteiger partial charge on any atom is 0.230 e. The molecule has 0 unspecified atom stereocenters. The topological polar surface area (TPSA) is 52.0 Å². The number of aromatic nitrogens is 1. The standard InChI is InChI=1S/C17H21BrN2O/c18-14-9-5-8-13(11-14)16-15(20-21-17(16)19)10-12-6-3-1-2-4-7-12/h5,8-9,11-12H,1-4,6-7,10,19H2. The first-order valence-electron chi connectivity index (χ1n) is 7.74. The van der Waals surface area contributed by atoms with Gasteiger partial charge in [0.2, 0.25) is 5.88 Å². The number of benzene rings is 1. The van der Waals surface area contributed by atoms with Crippen molar-refractivity contribution in [2.75, 3.05) is 5.73 Å². The number of rotatable bonds is 3. The molecule has 21 heavy (non-hydrogen) atoms. The third kappa shape index (κ3) is 3.49. The lowest BCUT2D eigenvalue weighted by molar-refractivity contribution is 0.403. The Bertz CT molecular complexity index is 601. The van der Waals surface area contributed by atoms with Crippen LogP contribution in [-0.4, -0.2) is 5.16 Å². The first-order valence-corrected chi connectivity index (χ1v) is 8.53. The van der Waals surface area contributed by atoms with Gasteiger partial charge in [0.1, 0.15) is 0 Å². The van der Waals surface area contributed by atoms with E-state index in [2.05, 4.69) is 33.2 Å². The number of nitrogens with zero attached hydrogens (tertiary/aromatic N) is 1. The smallest absolute Gasteiger partial charge is 0.230 e. The zero-order chi connectivity index (χ0) is 14.7. The minimum atomic E-state index is 0.428. The fourth-order valence-corrected chi connectivity index (χ4v) is 3.67. The van der Waals surface area contributed by atoms with Gasteiger partial charge in [-0.05, 0) is 30.0 Å². The first kappa shape index (κ1) is 14.6. The summed E-state index contributed by atoms with van der Waals surface area (Å²) in [7, 11) is 0. The summed E-state index contributed by atoms with van der Waals surface area (Å²) >= 11 is 3.51. The van der Waals surface area contributed by atoms with Gasteiger partial charge in [-0.2, -0.15) is 0 Å². The van der Waals surface area contributed by atoms with E-state index in [9.17, 15) is 0 Å². The Hall–Kier alpha value is -1.29. The predicted octanol–water partition coefficient (Wildman–Crippen LogP) is 5.20. The van der Waals surface area contributed by atoms with Crippen LogP contribution < -0.4 is 5.73 Å². The molecule has 1 fully saturated rings. The number of halogens is 1. The molecule has 112 valence electrons. The Morgan fingerprint density at radius 3 is 2.67 bits per heavy atom. The highest BCUT2D eigenvalue weighted by molar-refractivity contribution is 9.10. The van der Waals surface area contributed by atoms with Gasteiger partial charge in [0, 0.05) is 4.47 Å². The summed E-state index contributed by atoms with van der Waals surface area (Å²) in [5.41, 5.74) is 9.07. The van der Waals surface area contributed by atoms with E-state index in [1.54, 1.807) is 0 Å². The van der Waals surface area contributed by atoms with Gasteiger partial charge in [-0.3, -0.25) is 0 Å². The fourth-order valence-electron chi connectivity index (χ4n) is 3.27.